The number of carbonyl (C=O) groups excluding carboxylic acids is 2. The minimum atomic E-state index is -0.554. The molecule has 0 spiro atoms. The fourth-order valence-electron chi connectivity index (χ4n) is 3.06. The van der Waals surface area contributed by atoms with Gasteiger partial charge in [0, 0.05) is 13.7 Å². The first-order valence-corrected chi connectivity index (χ1v) is 9.02. The molecule has 2 atom stereocenters. The topological polar surface area (TPSA) is 65.1 Å². The van der Waals surface area contributed by atoms with Crippen molar-refractivity contribution in [2.75, 3.05) is 13.7 Å². The summed E-state index contributed by atoms with van der Waals surface area (Å²) in [5.74, 6) is -0.336. The molecule has 0 aromatic heterocycles. The third-order valence-electron chi connectivity index (χ3n) is 4.27. The van der Waals surface area contributed by atoms with Gasteiger partial charge in [-0.15, -0.1) is 0 Å². The van der Waals surface area contributed by atoms with Gasteiger partial charge in [-0.2, -0.15) is 0 Å². The average molecular weight is 363 g/mol. The number of esters is 1. The molecule has 0 aliphatic carbocycles. The molecule has 26 heavy (non-hydrogen) atoms. The zero-order valence-corrected chi connectivity index (χ0v) is 16.1. The second-order valence-electron chi connectivity index (χ2n) is 7.51. The number of benzene rings is 1. The molecule has 2 rings (SSSR count). The van der Waals surface area contributed by atoms with Crippen molar-refractivity contribution in [2.45, 2.75) is 64.4 Å². The normalized spacial score (nSPS) is 18.5. The van der Waals surface area contributed by atoms with E-state index in [1.54, 1.807) is 12.0 Å². The van der Waals surface area contributed by atoms with Crippen LogP contribution in [0.25, 0.3) is 0 Å². The van der Waals surface area contributed by atoms with Gasteiger partial charge in [0.05, 0.1) is 18.6 Å². The smallest absolute Gasteiger partial charge is 0.410 e. The van der Waals surface area contributed by atoms with Gasteiger partial charge in [0.1, 0.15) is 12.2 Å². The van der Waals surface area contributed by atoms with Gasteiger partial charge >= 0.3 is 12.1 Å². The molecule has 0 saturated carbocycles. The van der Waals surface area contributed by atoms with Crippen LogP contribution in [0.2, 0.25) is 0 Å². The molecule has 6 nitrogen and oxygen atoms in total. The highest BCUT2D eigenvalue weighted by Crippen LogP contribution is 2.26. The molecule has 144 valence electrons. The molecular formula is C20H29NO5. The van der Waals surface area contributed by atoms with Crippen molar-refractivity contribution in [2.24, 2.45) is 0 Å². The third kappa shape index (κ3) is 6.02. The molecule has 0 bridgehead atoms. The minimum absolute atomic E-state index is 0.104. The predicted molar refractivity (Wildman–Crippen MR) is 97.6 cm³/mol. The van der Waals surface area contributed by atoms with Crippen LogP contribution in [-0.4, -0.2) is 48.4 Å². The van der Waals surface area contributed by atoms with Gasteiger partial charge in [0.2, 0.25) is 0 Å². The lowest BCUT2D eigenvalue weighted by Gasteiger charge is -2.32. The highest BCUT2D eigenvalue weighted by Gasteiger charge is 2.38. The van der Waals surface area contributed by atoms with Gasteiger partial charge in [-0.1, -0.05) is 30.3 Å². The number of hydrogen-bond acceptors (Lipinski definition) is 5. The van der Waals surface area contributed by atoms with Gasteiger partial charge in [0.15, 0.2) is 0 Å². The Hall–Kier alpha value is -2.08. The predicted octanol–water partition coefficient (Wildman–Crippen LogP) is 3.53. The van der Waals surface area contributed by atoms with Crippen molar-refractivity contribution in [1.82, 2.24) is 4.90 Å². The molecule has 1 saturated heterocycles. The number of amides is 1. The summed E-state index contributed by atoms with van der Waals surface area (Å²) in [6.45, 7) is 6.36. The summed E-state index contributed by atoms with van der Waals surface area (Å²) in [4.78, 5) is 26.3. The van der Waals surface area contributed by atoms with Crippen LogP contribution in [0.4, 0.5) is 4.79 Å². The van der Waals surface area contributed by atoms with Gasteiger partial charge in [0.25, 0.3) is 0 Å². The van der Waals surface area contributed by atoms with Gasteiger partial charge in [-0.05, 0) is 39.2 Å². The SMILES string of the molecule is CO[C@H](CC(=O)OCc1ccccc1)[C@@H]1CCCN1C(=O)OC(C)(C)C. The maximum Gasteiger partial charge on any atom is 0.410 e. The number of methoxy groups -OCH3 is 1. The Morgan fingerprint density at radius 2 is 1.92 bits per heavy atom. The summed E-state index contributed by atoms with van der Waals surface area (Å²) in [5, 5.41) is 0. The van der Waals surface area contributed by atoms with Crippen molar-refractivity contribution in [3.8, 4) is 0 Å². The number of ether oxygens (including phenoxy) is 3. The summed E-state index contributed by atoms with van der Waals surface area (Å²) in [6.07, 6.45) is 0.979. The lowest BCUT2D eigenvalue weighted by atomic mass is 10.1. The van der Waals surface area contributed by atoms with Crippen LogP contribution >= 0.6 is 0 Å². The zero-order chi connectivity index (χ0) is 19.2. The van der Waals surface area contributed by atoms with E-state index in [-0.39, 0.29) is 31.1 Å². The van der Waals surface area contributed by atoms with Crippen LogP contribution in [-0.2, 0) is 25.6 Å². The van der Waals surface area contributed by atoms with Crippen LogP contribution in [0, 0.1) is 0 Å². The molecule has 1 aromatic carbocycles. The highest BCUT2D eigenvalue weighted by atomic mass is 16.6. The molecule has 1 amide bonds. The molecule has 6 heteroatoms. The van der Waals surface area contributed by atoms with E-state index < -0.39 is 11.7 Å². The lowest BCUT2D eigenvalue weighted by Crippen LogP contribution is -2.46. The first kappa shape index (κ1) is 20.2. The monoisotopic (exact) mass is 363 g/mol. The second-order valence-corrected chi connectivity index (χ2v) is 7.51. The van der Waals surface area contributed by atoms with Crippen LogP contribution < -0.4 is 0 Å². The average Bonchev–Trinajstić information content (AvgIpc) is 3.07. The van der Waals surface area contributed by atoms with E-state index >= 15 is 0 Å². The van der Waals surface area contributed by atoms with Crippen molar-refractivity contribution < 1.29 is 23.8 Å². The van der Waals surface area contributed by atoms with E-state index in [0.717, 1.165) is 18.4 Å². The zero-order valence-electron chi connectivity index (χ0n) is 16.1. The second kappa shape index (κ2) is 9.03. The molecule has 1 fully saturated rings. The van der Waals surface area contributed by atoms with Crippen LogP contribution in [0.3, 0.4) is 0 Å². The van der Waals surface area contributed by atoms with E-state index in [2.05, 4.69) is 0 Å². The summed E-state index contributed by atoms with van der Waals surface area (Å²) in [5.41, 5.74) is 0.382. The largest absolute Gasteiger partial charge is 0.461 e. The Balaban J connectivity index is 1.91. The van der Waals surface area contributed by atoms with E-state index in [1.165, 1.54) is 0 Å². The number of rotatable bonds is 6. The van der Waals surface area contributed by atoms with Crippen LogP contribution in [0.5, 0.6) is 0 Å². The molecule has 1 aromatic rings. The summed E-state index contributed by atoms with van der Waals surface area (Å²) < 4.78 is 16.3. The fourth-order valence-corrected chi connectivity index (χ4v) is 3.06. The Labute approximate surface area is 155 Å². The van der Waals surface area contributed by atoms with Gasteiger partial charge < -0.3 is 19.1 Å². The lowest BCUT2D eigenvalue weighted by molar-refractivity contribution is -0.148. The summed E-state index contributed by atoms with van der Waals surface area (Å²) >= 11 is 0. The maximum absolute atomic E-state index is 12.4. The first-order chi connectivity index (χ1) is 12.3. The fraction of sp³-hybridized carbons (Fsp3) is 0.600. The maximum atomic E-state index is 12.4. The number of likely N-dealkylation sites (tertiary alicyclic amines) is 1. The molecule has 0 radical (unpaired) electrons. The van der Waals surface area contributed by atoms with Crippen LogP contribution in [0.1, 0.15) is 45.6 Å². The standard InChI is InChI=1S/C20H29NO5/c1-20(2,3)26-19(23)21-12-8-11-16(21)17(24-4)13-18(22)25-14-15-9-6-5-7-10-15/h5-7,9-10,16-17H,8,11-14H2,1-4H3/t16-,17+/m0/s1. The van der Waals surface area contributed by atoms with Gasteiger partial charge in [-0.3, -0.25) is 4.79 Å². The molecule has 1 aliphatic heterocycles. The van der Waals surface area contributed by atoms with Crippen molar-refractivity contribution in [3.05, 3.63) is 35.9 Å². The van der Waals surface area contributed by atoms with E-state index in [9.17, 15) is 9.59 Å². The number of carbonyl (C=O) groups is 2. The third-order valence-corrected chi connectivity index (χ3v) is 4.27. The van der Waals surface area contributed by atoms with E-state index in [4.69, 9.17) is 14.2 Å². The summed E-state index contributed by atoms with van der Waals surface area (Å²) in [6, 6.07) is 9.35. The van der Waals surface area contributed by atoms with Crippen molar-refractivity contribution in [3.63, 3.8) is 0 Å². The number of hydrogen-bond donors (Lipinski definition) is 0. The van der Waals surface area contributed by atoms with Crippen molar-refractivity contribution >= 4 is 12.1 Å². The van der Waals surface area contributed by atoms with Crippen molar-refractivity contribution in [1.29, 1.82) is 0 Å². The number of nitrogens with zero attached hydrogens (tertiary/aromatic N) is 1. The molecular weight excluding hydrogens is 334 g/mol. The van der Waals surface area contributed by atoms with E-state index in [1.807, 2.05) is 51.1 Å². The minimum Gasteiger partial charge on any atom is -0.461 e. The molecule has 1 aliphatic rings. The van der Waals surface area contributed by atoms with Crippen LogP contribution in [0.15, 0.2) is 30.3 Å². The Bertz CT molecular complexity index is 596. The molecule has 0 N–H and O–H groups in total. The Kier molecular flexibility index (Phi) is 7.03. The quantitative estimate of drug-likeness (QED) is 0.724. The summed E-state index contributed by atoms with van der Waals surface area (Å²) in [7, 11) is 1.56. The highest BCUT2D eigenvalue weighted by molar-refractivity contribution is 5.71. The van der Waals surface area contributed by atoms with E-state index in [0.29, 0.717) is 6.54 Å². The Morgan fingerprint density at radius 3 is 2.54 bits per heavy atom. The first-order valence-electron chi connectivity index (χ1n) is 9.02. The molecule has 1 heterocycles. The Morgan fingerprint density at radius 1 is 1.23 bits per heavy atom. The van der Waals surface area contributed by atoms with Gasteiger partial charge in [-0.25, -0.2) is 4.79 Å². The molecule has 0 unspecified atom stereocenters.